The highest BCUT2D eigenvalue weighted by Crippen LogP contribution is 2.43. The molecule has 0 radical (unpaired) electrons. The highest BCUT2D eigenvalue weighted by atomic mass is 19.4. The Kier molecular flexibility index (Phi) is 6.95. The lowest BCUT2D eigenvalue weighted by Crippen LogP contribution is -2.19. The van der Waals surface area contributed by atoms with Crippen LogP contribution in [0.15, 0.2) is 30.3 Å². The number of hydrogen-bond acceptors (Lipinski definition) is 2. The van der Waals surface area contributed by atoms with Crippen LogP contribution in [0.1, 0.15) is 38.2 Å². The molecule has 0 aliphatic carbocycles. The van der Waals surface area contributed by atoms with Gasteiger partial charge in [0.25, 0.3) is 0 Å². The predicted octanol–water partition coefficient (Wildman–Crippen LogP) is 7.82. The van der Waals surface area contributed by atoms with Crippen molar-refractivity contribution in [3.8, 4) is 0 Å². The van der Waals surface area contributed by atoms with Crippen molar-refractivity contribution in [3.05, 3.63) is 75.4 Å². The zero-order valence-electron chi connectivity index (χ0n) is 16.0. The van der Waals surface area contributed by atoms with E-state index in [1.807, 2.05) is 0 Å². The smallest absolute Gasteiger partial charge is 0.417 e. The molecule has 0 spiro atoms. The first-order chi connectivity index (χ1) is 15.5. The third kappa shape index (κ3) is 6.03. The van der Waals surface area contributed by atoms with E-state index in [1.54, 1.807) is 0 Å². The number of alkyl halides is 12. The van der Waals surface area contributed by atoms with E-state index in [-0.39, 0.29) is 6.08 Å². The van der Waals surface area contributed by atoms with Crippen LogP contribution in [-0.4, -0.2) is 10.9 Å². The molecule has 192 valence electrons. The van der Waals surface area contributed by atoms with Crippen molar-refractivity contribution < 1.29 is 71.4 Å². The molecule has 2 aromatic carbocycles. The molecule has 0 atom stereocenters. The Bertz CT molecular complexity index is 1180. The number of halogens is 14. The molecule has 35 heavy (non-hydrogen) atoms. The summed E-state index contributed by atoms with van der Waals surface area (Å²) in [6.45, 7) is 0. The molecule has 0 aliphatic heterocycles. The van der Waals surface area contributed by atoms with Gasteiger partial charge in [0, 0.05) is 6.08 Å². The van der Waals surface area contributed by atoms with Gasteiger partial charge >= 0.3 is 24.7 Å². The number of aliphatic hydroxyl groups excluding tert-OH is 1. The second kappa shape index (κ2) is 8.71. The van der Waals surface area contributed by atoms with Crippen molar-refractivity contribution in [2.24, 2.45) is 0 Å². The summed E-state index contributed by atoms with van der Waals surface area (Å²) >= 11 is 0. The molecule has 0 heterocycles. The molecule has 0 aromatic heterocycles. The SMILES string of the molecule is O=C(/C=C(\O)c1cc(C(F)(F)F)c(C(F)(F)F)cc1F)c1cc(C(F)(F)F)c(C(F)(F)F)cc1F. The molecule has 0 saturated heterocycles. The van der Waals surface area contributed by atoms with Crippen LogP contribution in [0.3, 0.4) is 0 Å². The van der Waals surface area contributed by atoms with Crippen LogP contribution < -0.4 is 0 Å². The lowest BCUT2D eigenvalue weighted by molar-refractivity contribution is -0.162. The number of allylic oxidation sites excluding steroid dienone is 1. The minimum atomic E-state index is -5.78. The Morgan fingerprint density at radius 3 is 1.20 bits per heavy atom. The van der Waals surface area contributed by atoms with E-state index in [4.69, 9.17) is 0 Å². The summed E-state index contributed by atoms with van der Waals surface area (Å²) < 4.78 is 183. The normalized spacial score (nSPS) is 13.8. The van der Waals surface area contributed by atoms with E-state index < -0.39 is 106 Å². The van der Waals surface area contributed by atoms with Gasteiger partial charge in [0.2, 0.25) is 0 Å². The standard InChI is InChI=1S/C19H6F14O2/c20-12-3-10(18(28,29)30)8(16(22,23)24)1-6(12)14(34)5-15(35)7-2-9(17(25,26)27)11(4-13(7)21)19(31,32)33/h1-5,34H/b14-5-. The van der Waals surface area contributed by atoms with Crippen molar-refractivity contribution in [3.63, 3.8) is 0 Å². The Morgan fingerprint density at radius 1 is 0.571 bits per heavy atom. The third-order valence-electron chi connectivity index (χ3n) is 4.25. The molecule has 2 rings (SSSR count). The van der Waals surface area contributed by atoms with Gasteiger partial charge in [-0.2, -0.15) is 52.7 Å². The van der Waals surface area contributed by atoms with E-state index in [0.29, 0.717) is 0 Å². The maximum atomic E-state index is 14.0. The average molecular weight is 532 g/mol. The summed E-state index contributed by atoms with van der Waals surface area (Å²) in [6, 6.07) is -2.56. The Labute approximate surface area is 184 Å². The fraction of sp³-hybridized carbons (Fsp3) is 0.211. The summed E-state index contributed by atoms with van der Waals surface area (Å²) in [7, 11) is 0. The highest BCUT2D eigenvalue weighted by Gasteiger charge is 2.45. The van der Waals surface area contributed by atoms with Gasteiger partial charge < -0.3 is 5.11 Å². The molecule has 0 fully saturated rings. The summed E-state index contributed by atoms with van der Waals surface area (Å²) in [4.78, 5) is 12.1. The molecule has 1 N–H and O–H groups in total. The number of carbonyl (C=O) groups excluding carboxylic acids is 1. The number of aliphatic hydroxyl groups is 1. The quantitative estimate of drug-likeness (QED) is 0.190. The number of hydrogen-bond donors (Lipinski definition) is 1. The van der Waals surface area contributed by atoms with Crippen LogP contribution in [0, 0.1) is 11.6 Å². The minimum Gasteiger partial charge on any atom is -0.507 e. The molecule has 2 nitrogen and oxygen atoms in total. The molecule has 16 heteroatoms. The topological polar surface area (TPSA) is 37.3 Å². The van der Waals surface area contributed by atoms with Crippen LogP contribution in [0.4, 0.5) is 61.5 Å². The van der Waals surface area contributed by atoms with Crippen LogP contribution in [0.2, 0.25) is 0 Å². The molecule has 0 bridgehead atoms. The second-order valence-electron chi connectivity index (χ2n) is 6.64. The second-order valence-corrected chi connectivity index (χ2v) is 6.64. The molecular weight excluding hydrogens is 526 g/mol. The minimum absolute atomic E-state index is 0.377. The molecule has 0 saturated carbocycles. The van der Waals surface area contributed by atoms with Gasteiger partial charge in [-0.3, -0.25) is 4.79 Å². The lowest BCUT2D eigenvalue weighted by atomic mass is 9.98. The fourth-order valence-corrected chi connectivity index (χ4v) is 2.75. The zero-order chi connectivity index (χ0) is 27.3. The first kappa shape index (κ1) is 27.9. The van der Waals surface area contributed by atoms with Crippen molar-refractivity contribution in [2.75, 3.05) is 0 Å². The molecule has 0 aliphatic rings. The lowest BCUT2D eigenvalue weighted by Gasteiger charge is -2.17. The van der Waals surface area contributed by atoms with Gasteiger partial charge in [-0.15, -0.1) is 0 Å². The Hall–Kier alpha value is -3.33. The monoisotopic (exact) mass is 532 g/mol. The van der Waals surface area contributed by atoms with Crippen molar-refractivity contribution in [2.45, 2.75) is 24.7 Å². The van der Waals surface area contributed by atoms with Gasteiger partial charge in [-0.05, 0) is 24.3 Å². The molecule has 2 aromatic rings. The summed E-state index contributed by atoms with van der Waals surface area (Å²) in [5.74, 6) is -8.34. The summed E-state index contributed by atoms with van der Waals surface area (Å²) in [5.41, 5.74) is -13.6. The van der Waals surface area contributed by atoms with E-state index in [9.17, 15) is 71.4 Å². The van der Waals surface area contributed by atoms with E-state index in [0.717, 1.165) is 0 Å². The van der Waals surface area contributed by atoms with E-state index in [1.165, 1.54) is 0 Å². The fourth-order valence-electron chi connectivity index (χ4n) is 2.75. The maximum absolute atomic E-state index is 14.0. The predicted molar refractivity (Wildman–Crippen MR) is 87.7 cm³/mol. The van der Waals surface area contributed by atoms with Crippen LogP contribution in [0.5, 0.6) is 0 Å². The van der Waals surface area contributed by atoms with Gasteiger partial charge in [0.05, 0.1) is 33.4 Å². The first-order valence-electron chi connectivity index (χ1n) is 8.46. The van der Waals surface area contributed by atoms with Gasteiger partial charge in [0.15, 0.2) is 5.78 Å². The van der Waals surface area contributed by atoms with Gasteiger partial charge in [-0.1, -0.05) is 0 Å². The van der Waals surface area contributed by atoms with Gasteiger partial charge in [-0.25, -0.2) is 8.78 Å². The molecule has 0 unspecified atom stereocenters. The Balaban J connectivity index is 2.68. The average Bonchev–Trinajstić information content (AvgIpc) is 2.63. The van der Waals surface area contributed by atoms with E-state index in [2.05, 4.69) is 0 Å². The number of benzene rings is 2. The molecule has 0 amide bonds. The number of rotatable bonds is 3. The third-order valence-corrected chi connectivity index (χ3v) is 4.25. The summed E-state index contributed by atoms with van der Waals surface area (Å²) in [5, 5.41) is 9.75. The van der Waals surface area contributed by atoms with Crippen LogP contribution in [0.25, 0.3) is 5.76 Å². The largest absolute Gasteiger partial charge is 0.507 e. The summed E-state index contributed by atoms with van der Waals surface area (Å²) in [6.07, 6.45) is -23.4. The zero-order valence-corrected chi connectivity index (χ0v) is 16.0. The maximum Gasteiger partial charge on any atom is 0.417 e. The molecular formula is C19H6F14O2. The number of carbonyl (C=O) groups is 1. The Morgan fingerprint density at radius 2 is 0.857 bits per heavy atom. The van der Waals surface area contributed by atoms with E-state index >= 15 is 0 Å². The highest BCUT2D eigenvalue weighted by molar-refractivity contribution is 6.08. The van der Waals surface area contributed by atoms with Crippen molar-refractivity contribution >= 4 is 11.5 Å². The van der Waals surface area contributed by atoms with Crippen LogP contribution in [-0.2, 0) is 24.7 Å². The van der Waals surface area contributed by atoms with Crippen LogP contribution >= 0.6 is 0 Å². The number of ketones is 1. The first-order valence-corrected chi connectivity index (χ1v) is 8.46. The van der Waals surface area contributed by atoms with Crippen molar-refractivity contribution in [1.82, 2.24) is 0 Å². The van der Waals surface area contributed by atoms with Crippen molar-refractivity contribution in [1.29, 1.82) is 0 Å². The van der Waals surface area contributed by atoms with Gasteiger partial charge in [0.1, 0.15) is 17.4 Å².